The van der Waals surface area contributed by atoms with Gasteiger partial charge in [-0.2, -0.15) is 0 Å². The van der Waals surface area contributed by atoms with Crippen molar-refractivity contribution >= 4 is 38.9 Å². The Morgan fingerprint density at radius 2 is 1.93 bits per heavy atom. The van der Waals surface area contributed by atoms with Crippen molar-refractivity contribution in [2.24, 2.45) is 17.3 Å². The van der Waals surface area contributed by atoms with Crippen LogP contribution in [0.25, 0.3) is 0 Å². The van der Waals surface area contributed by atoms with Crippen molar-refractivity contribution in [1.82, 2.24) is 4.90 Å². The molecule has 148 valence electrons. The quantitative estimate of drug-likeness (QED) is 0.706. The van der Waals surface area contributed by atoms with Gasteiger partial charge in [0.25, 0.3) is 0 Å². The molecule has 3 atom stereocenters. The van der Waals surface area contributed by atoms with Crippen molar-refractivity contribution in [3.8, 4) is 0 Å². The summed E-state index contributed by atoms with van der Waals surface area (Å²) < 4.78 is 37.2. The van der Waals surface area contributed by atoms with Gasteiger partial charge in [0, 0.05) is 12.6 Å². The van der Waals surface area contributed by atoms with E-state index in [1.807, 2.05) is 13.8 Å². The third-order valence-electron chi connectivity index (χ3n) is 5.68. The van der Waals surface area contributed by atoms with E-state index in [1.54, 1.807) is 23.1 Å². The number of halogens is 3. The number of carbonyl (C=O) groups excluding carboxylic acids is 1. The zero-order chi connectivity index (χ0) is 20.0. The average Bonchev–Trinajstić information content (AvgIpc) is 2.90. The Balaban J connectivity index is 1.86. The highest BCUT2D eigenvalue weighted by Gasteiger charge is 2.62. The second-order valence-electron chi connectivity index (χ2n) is 7.93. The Morgan fingerprint density at radius 1 is 1.30 bits per heavy atom. The molecule has 4 nitrogen and oxygen atoms in total. The van der Waals surface area contributed by atoms with Crippen LogP contribution in [-0.4, -0.2) is 36.8 Å². The highest BCUT2D eigenvalue weighted by molar-refractivity contribution is 7.91. The molecule has 0 N–H and O–H groups in total. The fourth-order valence-electron chi connectivity index (χ4n) is 3.97. The summed E-state index contributed by atoms with van der Waals surface area (Å²) in [7, 11) is -3.15. The lowest BCUT2D eigenvalue weighted by molar-refractivity contribution is -0.136. The maximum Gasteiger partial charge on any atom is 0.227 e. The van der Waals surface area contributed by atoms with Gasteiger partial charge < -0.3 is 4.90 Å². The maximum absolute atomic E-state index is 13.3. The van der Waals surface area contributed by atoms with Gasteiger partial charge >= 0.3 is 0 Å². The van der Waals surface area contributed by atoms with E-state index in [9.17, 15) is 17.6 Å². The molecule has 1 saturated carbocycles. The molecule has 8 heteroatoms. The molecule has 1 aliphatic carbocycles. The largest absolute Gasteiger partial charge is 0.334 e. The molecule has 2 fully saturated rings. The van der Waals surface area contributed by atoms with Gasteiger partial charge in [0.05, 0.1) is 17.4 Å². The van der Waals surface area contributed by atoms with E-state index in [-0.39, 0.29) is 57.6 Å². The monoisotopic (exact) mass is 433 g/mol. The minimum Gasteiger partial charge on any atom is -0.334 e. The van der Waals surface area contributed by atoms with Crippen molar-refractivity contribution in [2.45, 2.75) is 32.9 Å². The summed E-state index contributed by atoms with van der Waals surface area (Å²) in [4.78, 5) is 15.0. The average molecular weight is 434 g/mol. The summed E-state index contributed by atoms with van der Waals surface area (Å²) in [6, 6.07) is 5.53. The van der Waals surface area contributed by atoms with Crippen molar-refractivity contribution in [1.29, 1.82) is 0 Å². The third-order valence-corrected chi connectivity index (χ3v) is 7.68. The lowest BCUT2D eigenvalue weighted by Gasteiger charge is -2.29. The molecule has 2 aliphatic rings. The number of benzene rings is 1. The van der Waals surface area contributed by atoms with Crippen LogP contribution in [-0.2, 0) is 21.2 Å². The topological polar surface area (TPSA) is 54.5 Å². The second-order valence-corrected chi connectivity index (χ2v) is 11.2. The van der Waals surface area contributed by atoms with E-state index in [2.05, 4.69) is 0 Å². The standard InChI is InChI=1S/C19H22Cl2FNO3S/c1-19(2)15(9-16(20)21)17(19)18(24)23(14-7-8-27(25,26)11-14)10-12-3-5-13(22)6-4-12/h3-6,9,14-15,17H,7-8,10-11H2,1-2H3. The Kier molecular flexibility index (Phi) is 5.63. The first-order chi connectivity index (χ1) is 12.5. The minimum atomic E-state index is -3.15. The molecule has 0 aromatic heterocycles. The predicted octanol–water partition coefficient (Wildman–Crippen LogP) is 3.93. The number of hydrogen-bond donors (Lipinski definition) is 0. The molecule has 3 unspecified atom stereocenters. The molecule has 0 spiro atoms. The summed E-state index contributed by atoms with van der Waals surface area (Å²) in [6.07, 6.45) is 2.09. The number of amides is 1. The molecule has 1 saturated heterocycles. The first-order valence-corrected chi connectivity index (χ1v) is 11.4. The molecular formula is C19H22Cl2FNO3S. The summed E-state index contributed by atoms with van der Waals surface area (Å²) >= 11 is 11.6. The number of allylic oxidation sites excluding steroid dienone is 1. The molecule has 3 rings (SSSR count). The van der Waals surface area contributed by atoms with Gasteiger partial charge in [-0.15, -0.1) is 0 Å². The van der Waals surface area contributed by atoms with Gasteiger partial charge in [0.2, 0.25) is 5.91 Å². The Labute approximate surface area is 169 Å². The molecule has 27 heavy (non-hydrogen) atoms. The normalized spacial score (nSPS) is 27.8. The van der Waals surface area contributed by atoms with E-state index >= 15 is 0 Å². The smallest absolute Gasteiger partial charge is 0.227 e. The first-order valence-electron chi connectivity index (χ1n) is 8.79. The highest BCUT2D eigenvalue weighted by atomic mass is 35.5. The molecule has 1 heterocycles. The van der Waals surface area contributed by atoms with E-state index in [4.69, 9.17) is 23.2 Å². The van der Waals surface area contributed by atoms with Crippen molar-refractivity contribution in [3.05, 3.63) is 46.2 Å². The Morgan fingerprint density at radius 3 is 2.44 bits per heavy atom. The molecular weight excluding hydrogens is 412 g/mol. The van der Waals surface area contributed by atoms with Gasteiger partial charge in [-0.1, -0.05) is 49.2 Å². The van der Waals surface area contributed by atoms with Gasteiger partial charge in [-0.05, 0) is 41.5 Å². The van der Waals surface area contributed by atoms with E-state index in [0.29, 0.717) is 6.42 Å². The van der Waals surface area contributed by atoms with Crippen LogP contribution in [0.3, 0.4) is 0 Å². The fourth-order valence-corrected chi connectivity index (χ4v) is 5.97. The molecule has 0 radical (unpaired) electrons. The highest BCUT2D eigenvalue weighted by Crippen LogP contribution is 2.60. The van der Waals surface area contributed by atoms with Crippen molar-refractivity contribution in [2.75, 3.05) is 11.5 Å². The summed E-state index contributed by atoms with van der Waals surface area (Å²) in [6.45, 7) is 4.18. The van der Waals surface area contributed by atoms with Crippen LogP contribution in [0.2, 0.25) is 0 Å². The van der Waals surface area contributed by atoms with Crippen molar-refractivity contribution in [3.63, 3.8) is 0 Å². The zero-order valence-electron chi connectivity index (χ0n) is 15.2. The molecule has 1 aromatic carbocycles. The second kappa shape index (κ2) is 7.37. The van der Waals surface area contributed by atoms with Gasteiger partial charge in [0.15, 0.2) is 9.84 Å². The van der Waals surface area contributed by atoms with Crippen molar-refractivity contribution < 1.29 is 17.6 Å². The summed E-state index contributed by atoms with van der Waals surface area (Å²) in [5.41, 5.74) is 0.458. The summed E-state index contributed by atoms with van der Waals surface area (Å²) in [5, 5.41) is 0. The van der Waals surface area contributed by atoms with Crippen LogP contribution in [0, 0.1) is 23.1 Å². The van der Waals surface area contributed by atoms with E-state index in [1.165, 1.54) is 12.1 Å². The van der Waals surface area contributed by atoms with Crippen LogP contribution in [0.4, 0.5) is 4.39 Å². The lowest BCUT2D eigenvalue weighted by Crippen LogP contribution is -2.42. The van der Waals surface area contributed by atoms with Crippen LogP contribution in [0.15, 0.2) is 34.8 Å². The number of hydrogen-bond acceptors (Lipinski definition) is 3. The molecule has 0 bridgehead atoms. The van der Waals surface area contributed by atoms with Crippen LogP contribution >= 0.6 is 23.2 Å². The van der Waals surface area contributed by atoms with Crippen LogP contribution < -0.4 is 0 Å². The number of sulfone groups is 1. The molecule has 1 aliphatic heterocycles. The molecule has 1 aromatic rings. The molecule has 1 amide bonds. The summed E-state index contributed by atoms with van der Waals surface area (Å²) in [5.74, 6) is -0.829. The lowest BCUT2D eigenvalue weighted by atomic mass is 10.1. The van der Waals surface area contributed by atoms with E-state index in [0.717, 1.165) is 5.56 Å². The van der Waals surface area contributed by atoms with Gasteiger partial charge in [-0.3, -0.25) is 4.79 Å². The SMILES string of the molecule is CC1(C)C(C=C(Cl)Cl)C1C(=O)N(Cc1ccc(F)cc1)C1CCS(=O)(=O)C1. The maximum atomic E-state index is 13.3. The van der Waals surface area contributed by atoms with Gasteiger partial charge in [-0.25, -0.2) is 12.8 Å². The number of carbonyl (C=O) groups is 1. The zero-order valence-corrected chi connectivity index (χ0v) is 17.5. The predicted molar refractivity (Wildman–Crippen MR) is 105 cm³/mol. The fraction of sp³-hybridized carbons (Fsp3) is 0.526. The van der Waals surface area contributed by atoms with Gasteiger partial charge in [0.1, 0.15) is 10.3 Å². The minimum absolute atomic E-state index is 0.0378. The Bertz CT molecular complexity index is 863. The third kappa shape index (κ3) is 4.49. The Hall–Kier alpha value is -1.11. The van der Waals surface area contributed by atoms with Crippen LogP contribution in [0.1, 0.15) is 25.8 Å². The first kappa shape index (κ1) is 20.6. The number of rotatable bonds is 5. The van der Waals surface area contributed by atoms with E-state index < -0.39 is 9.84 Å². The van der Waals surface area contributed by atoms with Crippen LogP contribution in [0.5, 0.6) is 0 Å². The number of nitrogens with zero attached hydrogens (tertiary/aromatic N) is 1.